The average molecular weight is 282 g/mol. The van der Waals surface area contributed by atoms with E-state index < -0.39 is 0 Å². The summed E-state index contributed by atoms with van der Waals surface area (Å²) in [6, 6.07) is 9.62. The number of halogens is 1. The van der Waals surface area contributed by atoms with Crippen LogP contribution in [0.3, 0.4) is 0 Å². The topological polar surface area (TPSA) is 32.3 Å². The molecule has 0 saturated heterocycles. The molecule has 4 heteroatoms. The van der Waals surface area contributed by atoms with Gasteiger partial charge >= 0.3 is 0 Å². The summed E-state index contributed by atoms with van der Waals surface area (Å²) >= 11 is 7.70. The van der Waals surface area contributed by atoms with Crippen LogP contribution in [-0.4, -0.2) is 5.11 Å². The summed E-state index contributed by atoms with van der Waals surface area (Å²) in [7, 11) is 0. The first kappa shape index (κ1) is 13.4. The molecule has 1 atom stereocenters. The summed E-state index contributed by atoms with van der Waals surface area (Å²) in [5.74, 6) is 0.279. The molecule has 0 aliphatic carbocycles. The van der Waals surface area contributed by atoms with E-state index in [1.165, 1.54) is 9.75 Å². The van der Waals surface area contributed by atoms with Gasteiger partial charge in [0.25, 0.3) is 0 Å². The third kappa shape index (κ3) is 3.25. The highest BCUT2D eigenvalue weighted by Gasteiger charge is 2.08. The van der Waals surface area contributed by atoms with E-state index in [2.05, 4.69) is 31.3 Å². The number of phenolic OH excluding ortho intramolecular Hbond substituents is 1. The lowest BCUT2D eigenvalue weighted by molar-refractivity contribution is 0.461. The highest BCUT2D eigenvalue weighted by Crippen LogP contribution is 2.25. The lowest BCUT2D eigenvalue weighted by Gasteiger charge is -2.13. The molecule has 0 aliphatic heterocycles. The fraction of sp³-hybridized carbons (Fsp3) is 0.286. The Hall–Kier alpha value is -1.03. The van der Waals surface area contributed by atoms with Crippen molar-refractivity contribution in [2.45, 2.75) is 26.4 Å². The van der Waals surface area contributed by atoms with Gasteiger partial charge in [0.1, 0.15) is 5.75 Å². The Morgan fingerprint density at radius 1 is 1.33 bits per heavy atom. The molecule has 1 unspecified atom stereocenters. The van der Waals surface area contributed by atoms with Gasteiger partial charge in [-0.3, -0.25) is 0 Å². The number of hydrogen-bond donors (Lipinski definition) is 2. The van der Waals surface area contributed by atoms with Crippen LogP contribution in [0.25, 0.3) is 0 Å². The minimum atomic E-state index is 0.266. The molecule has 18 heavy (non-hydrogen) atoms. The van der Waals surface area contributed by atoms with Gasteiger partial charge < -0.3 is 10.4 Å². The quantitative estimate of drug-likeness (QED) is 0.877. The van der Waals surface area contributed by atoms with Crippen LogP contribution in [0, 0.1) is 6.92 Å². The number of nitrogens with one attached hydrogen (secondary N) is 1. The van der Waals surface area contributed by atoms with Gasteiger partial charge in [-0.25, -0.2) is 0 Å². The van der Waals surface area contributed by atoms with E-state index in [0.717, 1.165) is 5.56 Å². The molecule has 0 fully saturated rings. The van der Waals surface area contributed by atoms with Crippen molar-refractivity contribution in [1.29, 1.82) is 0 Å². The smallest absolute Gasteiger partial charge is 0.120 e. The Morgan fingerprint density at radius 3 is 2.78 bits per heavy atom. The molecule has 0 radical (unpaired) electrons. The summed E-state index contributed by atoms with van der Waals surface area (Å²) in [4.78, 5) is 2.61. The highest BCUT2D eigenvalue weighted by atomic mass is 35.5. The van der Waals surface area contributed by atoms with Crippen LogP contribution in [-0.2, 0) is 6.54 Å². The van der Waals surface area contributed by atoms with Gasteiger partial charge in [0.2, 0.25) is 0 Å². The molecule has 2 nitrogen and oxygen atoms in total. The second-order valence-corrected chi connectivity index (χ2v) is 6.08. The molecule has 2 aromatic rings. The van der Waals surface area contributed by atoms with Crippen molar-refractivity contribution in [2.24, 2.45) is 0 Å². The minimum absolute atomic E-state index is 0.266. The van der Waals surface area contributed by atoms with E-state index in [9.17, 15) is 5.11 Å². The lowest BCUT2D eigenvalue weighted by Crippen LogP contribution is -2.17. The number of aryl methyl sites for hydroxylation is 1. The molecule has 1 aromatic heterocycles. The van der Waals surface area contributed by atoms with Gasteiger partial charge in [-0.05, 0) is 44.2 Å². The van der Waals surface area contributed by atoms with Crippen LogP contribution < -0.4 is 5.32 Å². The lowest BCUT2D eigenvalue weighted by atomic mass is 10.2. The number of hydrogen-bond acceptors (Lipinski definition) is 3. The van der Waals surface area contributed by atoms with Crippen molar-refractivity contribution in [3.8, 4) is 5.75 Å². The Balaban J connectivity index is 2.01. The third-order valence-electron chi connectivity index (χ3n) is 2.83. The fourth-order valence-electron chi connectivity index (χ4n) is 1.75. The van der Waals surface area contributed by atoms with Gasteiger partial charge in [-0.2, -0.15) is 0 Å². The summed E-state index contributed by atoms with van der Waals surface area (Å²) in [5.41, 5.74) is 0.822. The van der Waals surface area contributed by atoms with Crippen LogP contribution >= 0.6 is 22.9 Å². The second-order valence-electron chi connectivity index (χ2n) is 4.32. The number of benzene rings is 1. The maximum atomic E-state index is 9.73. The van der Waals surface area contributed by atoms with Crippen molar-refractivity contribution in [2.75, 3.05) is 0 Å². The molecule has 0 bridgehead atoms. The summed E-state index contributed by atoms with van der Waals surface area (Å²) in [5, 5.41) is 13.8. The molecule has 96 valence electrons. The molecule has 0 saturated carbocycles. The maximum Gasteiger partial charge on any atom is 0.120 e. The largest absolute Gasteiger partial charge is 0.508 e. The molecule has 2 rings (SSSR count). The normalized spacial score (nSPS) is 12.6. The first-order valence-electron chi connectivity index (χ1n) is 5.83. The average Bonchev–Trinajstić information content (AvgIpc) is 2.77. The van der Waals surface area contributed by atoms with Crippen molar-refractivity contribution in [3.63, 3.8) is 0 Å². The molecule has 0 aliphatic rings. The molecule has 0 spiro atoms. The first-order valence-corrected chi connectivity index (χ1v) is 7.03. The zero-order valence-electron chi connectivity index (χ0n) is 10.4. The Kier molecular flexibility index (Phi) is 4.27. The standard InChI is InChI=1S/C14H16ClNOS/c1-9-3-6-14(18-9)10(2)16-8-11-7-12(15)4-5-13(11)17/h3-7,10,16-17H,8H2,1-2H3. The molecule has 0 amide bonds. The molecule has 1 heterocycles. The SMILES string of the molecule is Cc1ccc(C(C)NCc2cc(Cl)ccc2O)s1. The highest BCUT2D eigenvalue weighted by molar-refractivity contribution is 7.12. The van der Waals surface area contributed by atoms with E-state index in [1.54, 1.807) is 29.5 Å². The van der Waals surface area contributed by atoms with Gasteiger partial charge in [-0.1, -0.05) is 11.6 Å². The van der Waals surface area contributed by atoms with E-state index >= 15 is 0 Å². The number of aromatic hydroxyl groups is 1. The Labute approximate surface area is 116 Å². The Morgan fingerprint density at radius 2 is 2.11 bits per heavy atom. The first-order chi connectivity index (χ1) is 8.56. The monoisotopic (exact) mass is 281 g/mol. The van der Waals surface area contributed by atoms with Crippen molar-refractivity contribution < 1.29 is 5.11 Å². The van der Waals surface area contributed by atoms with Crippen LogP contribution in [0.1, 0.15) is 28.3 Å². The summed E-state index contributed by atoms with van der Waals surface area (Å²) in [6.45, 7) is 4.82. The predicted molar refractivity (Wildman–Crippen MR) is 77.4 cm³/mol. The molecule has 1 aromatic carbocycles. The van der Waals surface area contributed by atoms with Crippen LogP contribution in [0.5, 0.6) is 5.75 Å². The van der Waals surface area contributed by atoms with Gasteiger partial charge in [0, 0.05) is 32.9 Å². The van der Waals surface area contributed by atoms with E-state index in [0.29, 0.717) is 11.6 Å². The van der Waals surface area contributed by atoms with Crippen molar-refractivity contribution >= 4 is 22.9 Å². The van der Waals surface area contributed by atoms with Crippen molar-refractivity contribution in [1.82, 2.24) is 5.32 Å². The molecular weight excluding hydrogens is 266 g/mol. The zero-order chi connectivity index (χ0) is 13.1. The summed E-state index contributed by atoms with van der Waals surface area (Å²) < 4.78 is 0. The van der Waals surface area contributed by atoms with Gasteiger partial charge in [-0.15, -0.1) is 11.3 Å². The second kappa shape index (κ2) is 5.74. The predicted octanol–water partition coefficient (Wildman–Crippen LogP) is 4.27. The van der Waals surface area contributed by atoms with Crippen LogP contribution in [0.15, 0.2) is 30.3 Å². The molecular formula is C14H16ClNOS. The number of thiophene rings is 1. The van der Waals surface area contributed by atoms with Crippen LogP contribution in [0.4, 0.5) is 0 Å². The number of phenols is 1. The van der Waals surface area contributed by atoms with Gasteiger partial charge in [0.15, 0.2) is 0 Å². The van der Waals surface area contributed by atoms with E-state index in [-0.39, 0.29) is 11.8 Å². The zero-order valence-corrected chi connectivity index (χ0v) is 12.0. The van der Waals surface area contributed by atoms with Gasteiger partial charge in [0.05, 0.1) is 0 Å². The van der Waals surface area contributed by atoms with E-state index in [4.69, 9.17) is 11.6 Å². The molecule has 2 N–H and O–H groups in total. The number of rotatable bonds is 4. The Bertz CT molecular complexity index is 538. The third-order valence-corrected chi connectivity index (χ3v) is 4.25. The minimum Gasteiger partial charge on any atom is -0.508 e. The van der Waals surface area contributed by atoms with Crippen LogP contribution in [0.2, 0.25) is 5.02 Å². The van der Waals surface area contributed by atoms with E-state index in [1.807, 2.05) is 0 Å². The fourth-order valence-corrected chi connectivity index (χ4v) is 2.84. The summed E-state index contributed by atoms with van der Waals surface area (Å²) in [6.07, 6.45) is 0. The van der Waals surface area contributed by atoms with Crippen molar-refractivity contribution in [3.05, 3.63) is 50.7 Å². The maximum absolute atomic E-state index is 9.73.